The molecule has 0 amide bonds. The van der Waals surface area contributed by atoms with Gasteiger partial charge in [-0.2, -0.15) is 0 Å². The molecule has 1 aromatic carbocycles. The number of ketones is 1. The van der Waals surface area contributed by atoms with Crippen molar-refractivity contribution in [1.82, 2.24) is 4.90 Å². The third kappa shape index (κ3) is 9.99. The van der Waals surface area contributed by atoms with Crippen LogP contribution >= 0.6 is 0 Å². The topological polar surface area (TPSA) is 102 Å². The van der Waals surface area contributed by atoms with Gasteiger partial charge in [-0.05, 0) is 56.5 Å². The van der Waals surface area contributed by atoms with Gasteiger partial charge in [-0.15, -0.1) is 0 Å². The van der Waals surface area contributed by atoms with E-state index < -0.39 is 18.0 Å². The molecule has 1 fully saturated rings. The first kappa shape index (κ1) is 29.0. The van der Waals surface area contributed by atoms with Crippen molar-refractivity contribution in [2.45, 2.75) is 90.1 Å². The zero-order valence-electron chi connectivity index (χ0n) is 22.3. The van der Waals surface area contributed by atoms with Crippen molar-refractivity contribution in [3.8, 4) is 11.5 Å². The smallest absolute Gasteiger partial charge is 0.306 e. The first-order chi connectivity index (χ1) is 18.0. The van der Waals surface area contributed by atoms with Gasteiger partial charge < -0.3 is 24.2 Å². The molecule has 2 atom stereocenters. The zero-order chi connectivity index (χ0) is 26.5. The molecule has 37 heavy (non-hydrogen) atoms. The van der Waals surface area contributed by atoms with Crippen LogP contribution in [0, 0.1) is 5.92 Å². The normalized spacial score (nSPS) is 16.8. The number of hydrogen-bond acceptors (Lipinski definition) is 7. The molecule has 0 aliphatic carbocycles. The van der Waals surface area contributed by atoms with Crippen molar-refractivity contribution < 1.29 is 33.7 Å². The van der Waals surface area contributed by atoms with Crippen molar-refractivity contribution in [2.24, 2.45) is 5.92 Å². The number of aliphatic carboxylic acids is 1. The van der Waals surface area contributed by atoms with Crippen LogP contribution in [0.2, 0.25) is 0 Å². The standard InChI is InChI=1S/C29H43NO7/c1-2-3-4-5-6-10-24(31)19-23(21-30-15-7-8-16-30)29(37-28(34)12-9-11-27(32)33)22-13-14-25-26(20-22)36-18-17-35-25/h13-14,20,23,29H,2-12,15-19,21H2,1H3,(H,32,33)/t23-,29-/m1/s1. The highest BCUT2D eigenvalue weighted by Gasteiger charge is 2.32. The number of ether oxygens (including phenoxy) is 3. The Balaban J connectivity index is 1.78. The van der Waals surface area contributed by atoms with E-state index in [1.54, 1.807) is 0 Å². The van der Waals surface area contributed by atoms with Crippen molar-refractivity contribution >= 4 is 17.7 Å². The molecule has 8 heteroatoms. The third-order valence-corrected chi connectivity index (χ3v) is 7.09. The highest BCUT2D eigenvalue weighted by molar-refractivity contribution is 5.79. The Bertz CT molecular complexity index is 881. The lowest BCUT2D eigenvalue weighted by Crippen LogP contribution is -2.33. The molecule has 2 aliphatic rings. The Hall–Kier alpha value is -2.61. The number of carboxylic acid groups (broad SMARTS) is 1. The third-order valence-electron chi connectivity index (χ3n) is 7.09. The number of benzene rings is 1. The van der Waals surface area contributed by atoms with E-state index in [2.05, 4.69) is 11.8 Å². The summed E-state index contributed by atoms with van der Waals surface area (Å²) < 4.78 is 17.5. The van der Waals surface area contributed by atoms with Crippen molar-refractivity contribution in [2.75, 3.05) is 32.8 Å². The second kappa shape index (κ2) is 15.6. The van der Waals surface area contributed by atoms with Crippen molar-refractivity contribution in [3.63, 3.8) is 0 Å². The molecule has 1 saturated heterocycles. The van der Waals surface area contributed by atoms with Crippen LogP contribution in [-0.2, 0) is 19.1 Å². The van der Waals surface area contributed by atoms with E-state index in [9.17, 15) is 14.4 Å². The number of esters is 1. The summed E-state index contributed by atoms with van der Waals surface area (Å²) in [7, 11) is 0. The second-order valence-electron chi connectivity index (χ2n) is 10.2. The molecule has 0 radical (unpaired) electrons. The molecule has 0 saturated carbocycles. The highest BCUT2D eigenvalue weighted by atomic mass is 16.6. The van der Waals surface area contributed by atoms with E-state index in [0.717, 1.165) is 50.8 Å². The summed E-state index contributed by atoms with van der Waals surface area (Å²) >= 11 is 0. The quantitative estimate of drug-likeness (QED) is 0.219. The molecule has 206 valence electrons. The molecule has 0 unspecified atom stereocenters. The fourth-order valence-corrected chi connectivity index (χ4v) is 5.14. The lowest BCUT2D eigenvalue weighted by molar-refractivity contribution is -0.154. The van der Waals surface area contributed by atoms with Crippen LogP contribution in [-0.4, -0.2) is 60.6 Å². The summed E-state index contributed by atoms with van der Waals surface area (Å²) in [4.78, 5) is 39.2. The molecule has 1 aromatic rings. The van der Waals surface area contributed by atoms with Crippen LogP contribution in [0.25, 0.3) is 0 Å². The number of likely N-dealkylation sites (tertiary alicyclic amines) is 1. The van der Waals surface area contributed by atoms with Crippen LogP contribution in [0.3, 0.4) is 0 Å². The lowest BCUT2D eigenvalue weighted by atomic mass is 9.88. The van der Waals surface area contributed by atoms with Gasteiger partial charge in [-0.25, -0.2) is 0 Å². The van der Waals surface area contributed by atoms with Crippen LogP contribution in [0.1, 0.15) is 95.6 Å². The number of carbonyl (C=O) groups excluding carboxylic acids is 2. The Morgan fingerprint density at radius 1 is 0.946 bits per heavy atom. The molecule has 0 spiro atoms. The Morgan fingerprint density at radius 2 is 1.68 bits per heavy atom. The zero-order valence-corrected chi connectivity index (χ0v) is 22.3. The van der Waals surface area contributed by atoms with Gasteiger partial charge in [0.2, 0.25) is 0 Å². The van der Waals surface area contributed by atoms with Gasteiger partial charge in [0, 0.05) is 38.1 Å². The second-order valence-corrected chi connectivity index (χ2v) is 10.2. The maximum atomic E-state index is 13.1. The van der Waals surface area contributed by atoms with Gasteiger partial charge in [0.05, 0.1) is 0 Å². The van der Waals surface area contributed by atoms with Gasteiger partial charge in [0.25, 0.3) is 0 Å². The first-order valence-corrected chi connectivity index (χ1v) is 14.0. The van der Waals surface area contributed by atoms with Gasteiger partial charge in [0.1, 0.15) is 25.1 Å². The average molecular weight is 518 g/mol. The lowest BCUT2D eigenvalue weighted by Gasteiger charge is -2.31. The monoisotopic (exact) mass is 517 g/mol. The summed E-state index contributed by atoms with van der Waals surface area (Å²) in [5.41, 5.74) is 0.774. The minimum atomic E-state index is -0.937. The van der Waals surface area contributed by atoms with E-state index in [1.165, 1.54) is 12.8 Å². The van der Waals surface area contributed by atoms with E-state index in [0.29, 0.717) is 44.1 Å². The van der Waals surface area contributed by atoms with Crippen LogP contribution < -0.4 is 9.47 Å². The predicted octanol–water partition coefficient (Wildman–Crippen LogP) is 5.33. The maximum Gasteiger partial charge on any atom is 0.306 e. The van der Waals surface area contributed by atoms with Crippen molar-refractivity contribution in [1.29, 1.82) is 0 Å². The van der Waals surface area contributed by atoms with E-state index in [4.69, 9.17) is 19.3 Å². The minimum absolute atomic E-state index is 0.0230. The van der Waals surface area contributed by atoms with E-state index >= 15 is 0 Å². The molecule has 0 aromatic heterocycles. The largest absolute Gasteiger partial charge is 0.486 e. The number of carbonyl (C=O) groups is 3. The molecule has 2 aliphatic heterocycles. The number of rotatable bonds is 17. The summed E-state index contributed by atoms with van der Waals surface area (Å²) in [5, 5.41) is 8.94. The summed E-state index contributed by atoms with van der Waals surface area (Å²) in [6.07, 6.45) is 8.11. The number of hydrogen-bond donors (Lipinski definition) is 1. The molecule has 0 bridgehead atoms. The number of fused-ring (bicyclic) bond motifs is 1. The van der Waals surface area contributed by atoms with Crippen LogP contribution in [0.4, 0.5) is 0 Å². The summed E-state index contributed by atoms with van der Waals surface area (Å²) in [6, 6.07) is 5.57. The fourth-order valence-electron chi connectivity index (χ4n) is 5.14. The SMILES string of the molecule is CCCCCCCC(=O)C[C@H](CN1CCCC1)[C@H](OC(=O)CCCC(=O)O)c1ccc2c(c1)OCCO2. The Labute approximate surface area is 220 Å². The minimum Gasteiger partial charge on any atom is -0.486 e. The van der Waals surface area contributed by atoms with Gasteiger partial charge in [-0.3, -0.25) is 14.4 Å². The molecule has 8 nitrogen and oxygen atoms in total. The van der Waals surface area contributed by atoms with Crippen LogP contribution in [0.5, 0.6) is 11.5 Å². The summed E-state index contributed by atoms with van der Waals surface area (Å²) in [5.74, 6) is -0.122. The number of Topliss-reactive ketones (excluding diaryl/α,β-unsaturated/α-hetero) is 1. The maximum absolute atomic E-state index is 13.1. The molecule has 1 N–H and O–H groups in total. The molecule has 2 heterocycles. The molecule has 3 rings (SSSR count). The van der Waals surface area contributed by atoms with Gasteiger partial charge >= 0.3 is 11.9 Å². The van der Waals surface area contributed by atoms with Gasteiger partial charge in [-0.1, -0.05) is 38.7 Å². The Morgan fingerprint density at radius 3 is 2.41 bits per heavy atom. The predicted molar refractivity (Wildman–Crippen MR) is 140 cm³/mol. The van der Waals surface area contributed by atoms with E-state index in [-0.39, 0.29) is 31.0 Å². The molecular formula is C29H43NO7. The highest BCUT2D eigenvalue weighted by Crippen LogP contribution is 2.38. The van der Waals surface area contributed by atoms with Crippen molar-refractivity contribution in [3.05, 3.63) is 23.8 Å². The average Bonchev–Trinajstić information content (AvgIpc) is 3.39. The summed E-state index contributed by atoms with van der Waals surface area (Å²) in [6.45, 7) is 5.73. The van der Waals surface area contributed by atoms with E-state index in [1.807, 2.05) is 18.2 Å². The number of unbranched alkanes of at least 4 members (excludes halogenated alkanes) is 4. The Kier molecular flexibility index (Phi) is 12.2. The van der Waals surface area contributed by atoms with Gasteiger partial charge in [0.15, 0.2) is 11.5 Å². The number of nitrogens with zero attached hydrogens (tertiary/aromatic N) is 1. The fraction of sp³-hybridized carbons (Fsp3) is 0.690. The van der Waals surface area contributed by atoms with Crippen LogP contribution in [0.15, 0.2) is 18.2 Å². The first-order valence-electron chi connectivity index (χ1n) is 14.0. The number of carboxylic acids is 1. The molecular weight excluding hydrogens is 474 g/mol.